The first kappa shape index (κ1) is 7.45. The smallest absolute Gasteiger partial charge is 0.0458 e. The van der Waals surface area contributed by atoms with Crippen molar-refractivity contribution in [2.45, 2.75) is 0 Å². The largest absolute Gasteiger partial charge is 0.368 e. The van der Waals surface area contributed by atoms with Gasteiger partial charge in [0, 0.05) is 37.9 Å². The molecule has 0 unspecified atom stereocenters. The zero-order valence-corrected chi connectivity index (χ0v) is 7.01. The molecule has 1 aliphatic heterocycles. The summed E-state index contributed by atoms with van der Waals surface area (Å²) >= 11 is 0. The van der Waals surface area contributed by atoms with Gasteiger partial charge in [0.1, 0.15) is 0 Å². The summed E-state index contributed by atoms with van der Waals surface area (Å²) in [6.45, 7) is 4.35. The predicted octanol–water partition coefficient (Wildman–Crippen LogP) is 0.697. The lowest BCUT2D eigenvalue weighted by atomic mass is 10.3. The molecule has 1 fully saturated rings. The van der Waals surface area contributed by atoms with Crippen molar-refractivity contribution in [3.8, 4) is 0 Å². The lowest BCUT2D eigenvalue weighted by Crippen LogP contribution is -2.43. The summed E-state index contributed by atoms with van der Waals surface area (Å²) in [6, 6.07) is 11.9. The molecule has 0 aliphatic carbocycles. The lowest BCUT2D eigenvalue weighted by molar-refractivity contribution is 0.589. The van der Waals surface area contributed by atoms with Crippen molar-refractivity contribution in [2.24, 2.45) is 0 Å². The Hall–Kier alpha value is -1.20. The van der Waals surface area contributed by atoms with E-state index in [1.54, 1.807) is 0 Å². The fourth-order valence-corrected chi connectivity index (χ4v) is 1.46. The van der Waals surface area contributed by atoms with Gasteiger partial charge in [-0.05, 0) is 12.1 Å². The van der Waals surface area contributed by atoms with Gasteiger partial charge in [0.15, 0.2) is 0 Å². The van der Waals surface area contributed by atoms with Crippen LogP contribution in [0.1, 0.15) is 0 Å². The Morgan fingerprint density at radius 2 is 2.08 bits per heavy atom. The second-order valence-corrected chi connectivity index (χ2v) is 2.93. The molecule has 1 heterocycles. The van der Waals surface area contributed by atoms with Crippen LogP contribution >= 0.6 is 0 Å². The monoisotopic (exact) mass is 160 g/mol. The summed E-state index contributed by atoms with van der Waals surface area (Å²) in [5, 5.41) is 3.32. The van der Waals surface area contributed by atoms with Crippen LogP contribution in [-0.4, -0.2) is 26.2 Å². The second kappa shape index (κ2) is 3.46. The summed E-state index contributed by atoms with van der Waals surface area (Å²) in [6.07, 6.45) is 0. The Morgan fingerprint density at radius 3 is 2.75 bits per heavy atom. The van der Waals surface area contributed by atoms with Crippen LogP contribution in [0.5, 0.6) is 0 Å². The lowest BCUT2D eigenvalue weighted by Gasteiger charge is -2.28. The Balaban J connectivity index is 2.08. The van der Waals surface area contributed by atoms with Crippen LogP contribution in [0.2, 0.25) is 0 Å². The first-order chi connectivity index (χ1) is 5.97. The van der Waals surface area contributed by atoms with Gasteiger partial charge in [-0.15, -0.1) is 0 Å². The van der Waals surface area contributed by atoms with Crippen LogP contribution in [-0.2, 0) is 0 Å². The van der Waals surface area contributed by atoms with Crippen LogP contribution in [0, 0.1) is 12.1 Å². The van der Waals surface area contributed by atoms with Crippen LogP contribution in [0.15, 0.2) is 18.2 Å². The zero-order chi connectivity index (χ0) is 8.23. The first-order valence-electron chi connectivity index (χ1n) is 4.30. The molecular weight excluding hydrogens is 148 g/mol. The molecule has 1 aromatic rings. The van der Waals surface area contributed by atoms with Crippen molar-refractivity contribution in [1.82, 2.24) is 5.32 Å². The van der Waals surface area contributed by atoms with Gasteiger partial charge in [-0.3, -0.25) is 0 Å². The van der Waals surface area contributed by atoms with Gasteiger partial charge in [0.2, 0.25) is 0 Å². The minimum Gasteiger partial charge on any atom is -0.368 e. The number of nitrogens with zero attached hydrogens (tertiary/aromatic N) is 1. The molecule has 0 aromatic heterocycles. The van der Waals surface area contributed by atoms with E-state index in [1.165, 1.54) is 5.69 Å². The molecule has 0 atom stereocenters. The number of piperazine rings is 1. The van der Waals surface area contributed by atoms with Crippen molar-refractivity contribution in [1.29, 1.82) is 0 Å². The molecule has 0 radical (unpaired) electrons. The molecule has 2 heteroatoms. The molecule has 1 N–H and O–H groups in total. The zero-order valence-electron chi connectivity index (χ0n) is 7.01. The van der Waals surface area contributed by atoms with Crippen LogP contribution < -0.4 is 10.2 Å². The van der Waals surface area contributed by atoms with Gasteiger partial charge >= 0.3 is 0 Å². The summed E-state index contributed by atoms with van der Waals surface area (Å²) in [5.41, 5.74) is 1.26. The predicted molar refractivity (Wildman–Crippen MR) is 49.2 cm³/mol. The molecular formula is C10H12N2. The van der Waals surface area contributed by atoms with E-state index in [0.29, 0.717) is 0 Å². The van der Waals surface area contributed by atoms with E-state index >= 15 is 0 Å². The van der Waals surface area contributed by atoms with Gasteiger partial charge in [-0.2, -0.15) is 0 Å². The molecule has 1 aromatic carbocycles. The topological polar surface area (TPSA) is 15.3 Å². The van der Waals surface area contributed by atoms with Crippen molar-refractivity contribution in [3.63, 3.8) is 0 Å². The molecule has 0 saturated carbocycles. The van der Waals surface area contributed by atoms with Gasteiger partial charge < -0.3 is 10.2 Å². The minimum atomic E-state index is 1.08. The highest BCUT2D eigenvalue weighted by Gasteiger charge is 2.08. The molecule has 0 amide bonds. The Bertz CT molecular complexity index is 227. The van der Waals surface area contributed by atoms with Gasteiger partial charge in [-0.25, -0.2) is 0 Å². The van der Waals surface area contributed by atoms with E-state index in [2.05, 4.69) is 28.4 Å². The minimum absolute atomic E-state index is 1.08. The van der Waals surface area contributed by atoms with E-state index in [-0.39, 0.29) is 0 Å². The average Bonchev–Trinajstić information content (AvgIpc) is 2.21. The number of hydrogen-bond acceptors (Lipinski definition) is 2. The van der Waals surface area contributed by atoms with Crippen LogP contribution in [0.25, 0.3) is 0 Å². The summed E-state index contributed by atoms with van der Waals surface area (Å²) in [5.74, 6) is 0. The molecule has 1 saturated heterocycles. The third kappa shape index (κ3) is 1.51. The number of anilines is 1. The molecule has 0 bridgehead atoms. The quantitative estimate of drug-likeness (QED) is 0.650. The van der Waals surface area contributed by atoms with Gasteiger partial charge in [-0.1, -0.05) is 12.1 Å². The summed E-state index contributed by atoms with van der Waals surface area (Å²) in [7, 11) is 0. The highest BCUT2D eigenvalue weighted by atomic mass is 15.2. The van der Waals surface area contributed by atoms with Crippen molar-refractivity contribution in [2.75, 3.05) is 31.1 Å². The maximum atomic E-state index is 3.32. The van der Waals surface area contributed by atoms with Crippen LogP contribution in [0.3, 0.4) is 0 Å². The Labute approximate surface area is 73.2 Å². The number of hydrogen-bond donors (Lipinski definition) is 1. The molecule has 1 aliphatic rings. The third-order valence-corrected chi connectivity index (χ3v) is 2.12. The second-order valence-electron chi connectivity index (χ2n) is 2.93. The van der Waals surface area contributed by atoms with E-state index in [4.69, 9.17) is 0 Å². The third-order valence-electron chi connectivity index (χ3n) is 2.12. The maximum Gasteiger partial charge on any atom is 0.0458 e. The van der Waals surface area contributed by atoms with E-state index in [1.807, 2.05) is 12.1 Å². The fourth-order valence-electron chi connectivity index (χ4n) is 1.46. The average molecular weight is 160 g/mol. The fraction of sp³-hybridized carbons (Fsp3) is 0.400. The summed E-state index contributed by atoms with van der Waals surface area (Å²) < 4.78 is 0. The summed E-state index contributed by atoms with van der Waals surface area (Å²) in [4.78, 5) is 2.36. The Kier molecular flexibility index (Phi) is 2.15. The number of nitrogens with one attached hydrogen (secondary N) is 1. The van der Waals surface area contributed by atoms with Crippen molar-refractivity contribution < 1.29 is 0 Å². The molecule has 2 rings (SSSR count). The van der Waals surface area contributed by atoms with E-state index in [0.717, 1.165) is 26.2 Å². The van der Waals surface area contributed by atoms with Gasteiger partial charge in [0.25, 0.3) is 0 Å². The van der Waals surface area contributed by atoms with E-state index in [9.17, 15) is 0 Å². The maximum absolute atomic E-state index is 3.32. The van der Waals surface area contributed by atoms with Crippen molar-refractivity contribution >= 4 is 5.69 Å². The normalized spacial score (nSPS) is 17.2. The molecule has 62 valence electrons. The van der Waals surface area contributed by atoms with Gasteiger partial charge in [0.05, 0.1) is 0 Å². The highest BCUT2D eigenvalue weighted by Crippen LogP contribution is 2.10. The Morgan fingerprint density at radius 1 is 1.25 bits per heavy atom. The SMILES string of the molecule is c1ccc(N2CCNCC2)cc#1. The molecule has 12 heavy (non-hydrogen) atoms. The molecule has 2 nitrogen and oxygen atoms in total. The first-order valence-corrected chi connectivity index (χ1v) is 4.30. The molecule has 0 spiro atoms. The van der Waals surface area contributed by atoms with E-state index < -0.39 is 0 Å². The standard InChI is InChI=1S/C10H12N2/c1-2-4-10(5-3-1)12-8-6-11-7-9-12/h2,4-5,11H,6-9H2. The van der Waals surface area contributed by atoms with Crippen LogP contribution in [0.4, 0.5) is 5.69 Å². The number of rotatable bonds is 1. The van der Waals surface area contributed by atoms with Crippen molar-refractivity contribution in [3.05, 3.63) is 30.3 Å². The highest BCUT2D eigenvalue weighted by molar-refractivity contribution is 5.44.